The summed E-state index contributed by atoms with van der Waals surface area (Å²) in [5.41, 5.74) is 0.490. The molecule has 1 aromatic rings. The van der Waals surface area contributed by atoms with Crippen LogP contribution in [0.25, 0.3) is 0 Å². The molecule has 0 atom stereocenters. The van der Waals surface area contributed by atoms with E-state index in [1.165, 1.54) is 12.3 Å². The van der Waals surface area contributed by atoms with Crippen molar-refractivity contribution in [3.63, 3.8) is 0 Å². The Labute approximate surface area is 95.9 Å². The molecular weight excluding hydrogens is 228 g/mol. The van der Waals surface area contributed by atoms with Crippen LogP contribution in [0.15, 0.2) is 17.2 Å². The van der Waals surface area contributed by atoms with Crippen molar-refractivity contribution >= 4 is 10.0 Å². The van der Waals surface area contributed by atoms with Crippen molar-refractivity contribution in [3.05, 3.63) is 18.0 Å². The lowest BCUT2D eigenvalue weighted by Gasteiger charge is -2.06. The van der Waals surface area contributed by atoms with Crippen LogP contribution in [-0.2, 0) is 16.6 Å². The number of aromatic nitrogens is 1. The first kappa shape index (κ1) is 13.2. The Bertz CT molecular complexity index is 423. The minimum atomic E-state index is -3.44. The van der Waals surface area contributed by atoms with Crippen molar-refractivity contribution in [3.8, 4) is 0 Å². The predicted molar refractivity (Wildman–Crippen MR) is 61.4 cm³/mol. The van der Waals surface area contributed by atoms with Crippen LogP contribution in [0.3, 0.4) is 0 Å². The van der Waals surface area contributed by atoms with Crippen LogP contribution >= 0.6 is 0 Å². The molecule has 0 aliphatic heterocycles. The van der Waals surface area contributed by atoms with Gasteiger partial charge in [0.15, 0.2) is 0 Å². The molecule has 16 heavy (non-hydrogen) atoms. The minimum Gasteiger partial charge on any atom is -0.390 e. The third-order valence-corrected chi connectivity index (χ3v) is 3.65. The highest BCUT2D eigenvalue weighted by Gasteiger charge is 2.15. The number of aliphatic hydroxyl groups is 1. The molecule has 6 heteroatoms. The summed E-state index contributed by atoms with van der Waals surface area (Å²) in [6.45, 7) is 4.31. The largest absolute Gasteiger partial charge is 0.390 e. The molecule has 0 saturated carbocycles. The van der Waals surface area contributed by atoms with Crippen molar-refractivity contribution in [2.24, 2.45) is 5.92 Å². The SMILES string of the molecule is CC(C)CCNS(=O)(=O)c1c[nH]c(CO)c1. The molecule has 1 rings (SSSR count). The average Bonchev–Trinajstić information content (AvgIpc) is 2.65. The van der Waals surface area contributed by atoms with Crippen LogP contribution in [0, 0.1) is 5.92 Å². The molecule has 0 aliphatic rings. The molecule has 0 aromatic carbocycles. The molecule has 0 radical (unpaired) electrons. The number of hydrogen-bond acceptors (Lipinski definition) is 3. The van der Waals surface area contributed by atoms with E-state index in [2.05, 4.69) is 9.71 Å². The molecule has 0 saturated heterocycles. The van der Waals surface area contributed by atoms with Crippen LogP contribution in [0.2, 0.25) is 0 Å². The van der Waals surface area contributed by atoms with Gasteiger partial charge in [-0.15, -0.1) is 0 Å². The van der Waals surface area contributed by atoms with Gasteiger partial charge >= 0.3 is 0 Å². The van der Waals surface area contributed by atoms with E-state index in [0.29, 0.717) is 18.2 Å². The molecule has 1 aromatic heterocycles. The molecule has 0 spiro atoms. The molecule has 0 bridgehead atoms. The number of sulfonamides is 1. The van der Waals surface area contributed by atoms with Gasteiger partial charge in [0.05, 0.1) is 11.5 Å². The van der Waals surface area contributed by atoms with Gasteiger partial charge in [0.1, 0.15) is 0 Å². The van der Waals surface area contributed by atoms with Crippen molar-refractivity contribution < 1.29 is 13.5 Å². The Balaban J connectivity index is 2.63. The van der Waals surface area contributed by atoms with Crippen molar-refractivity contribution in [1.82, 2.24) is 9.71 Å². The molecule has 0 amide bonds. The topological polar surface area (TPSA) is 82.2 Å². The highest BCUT2D eigenvalue weighted by Crippen LogP contribution is 2.10. The van der Waals surface area contributed by atoms with E-state index >= 15 is 0 Å². The van der Waals surface area contributed by atoms with Crippen molar-refractivity contribution in [2.45, 2.75) is 31.8 Å². The Kier molecular flexibility index (Phi) is 4.52. The van der Waals surface area contributed by atoms with Gasteiger partial charge in [-0.3, -0.25) is 0 Å². The van der Waals surface area contributed by atoms with Crippen LogP contribution in [0.5, 0.6) is 0 Å². The maximum atomic E-state index is 11.7. The van der Waals surface area contributed by atoms with Gasteiger partial charge in [-0.25, -0.2) is 13.1 Å². The molecule has 3 N–H and O–H groups in total. The maximum Gasteiger partial charge on any atom is 0.242 e. The Hall–Kier alpha value is -0.850. The summed E-state index contributed by atoms with van der Waals surface area (Å²) in [5, 5.41) is 8.82. The number of nitrogens with one attached hydrogen (secondary N) is 2. The fourth-order valence-electron chi connectivity index (χ4n) is 1.23. The summed E-state index contributed by atoms with van der Waals surface area (Å²) in [6.07, 6.45) is 2.18. The summed E-state index contributed by atoms with van der Waals surface area (Å²) in [5.74, 6) is 0.460. The lowest BCUT2D eigenvalue weighted by Crippen LogP contribution is -2.25. The zero-order valence-corrected chi connectivity index (χ0v) is 10.3. The zero-order chi connectivity index (χ0) is 12.2. The second-order valence-corrected chi connectivity index (χ2v) is 5.87. The van der Waals surface area contributed by atoms with E-state index in [0.717, 1.165) is 6.42 Å². The van der Waals surface area contributed by atoms with Crippen LogP contribution in [-0.4, -0.2) is 25.1 Å². The van der Waals surface area contributed by atoms with E-state index in [4.69, 9.17) is 5.11 Å². The first-order valence-corrected chi connectivity index (χ1v) is 6.72. The van der Waals surface area contributed by atoms with Gasteiger partial charge < -0.3 is 10.1 Å². The lowest BCUT2D eigenvalue weighted by molar-refractivity contribution is 0.277. The predicted octanol–water partition coefficient (Wildman–Crippen LogP) is 0.831. The van der Waals surface area contributed by atoms with Crippen LogP contribution in [0.4, 0.5) is 0 Å². The first-order chi connectivity index (χ1) is 7.45. The highest BCUT2D eigenvalue weighted by molar-refractivity contribution is 7.89. The standard InChI is InChI=1S/C10H18N2O3S/c1-8(2)3-4-12-16(14,15)10-5-9(7-13)11-6-10/h5-6,8,11-13H,3-4,7H2,1-2H3. The van der Waals surface area contributed by atoms with Crippen LogP contribution < -0.4 is 4.72 Å². The Morgan fingerprint density at radius 1 is 1.50 bits per heavy atom. The number of hydrogen-bond donors (Lipinski definition) is 3. The number of rotatable bonds is 6. The quantitative estimate of drug-likeness (QED) is 0.695. The smallest absolute Gasteiger partial charge is 0.242 e. The first-order valence-electron chi connectivity index (χ1n) is 5.23. The zero-order valence-electron chi connectivity index (χ0n) is 9.53. The minimum absolute atomic E-state index is 0.167. The summed E-state index contributed by atoms with van der Waals surface area (Å²) in [7, 11) is -3.44. The van der Waals surface area contributed by atoms with Gasteiger partial charge in [0.2, 0.25) is 10.0 Å². The number of aliphatic hydroxyl groups excluding tert-OH is 1. The Morgan fingerprint density at radius 2 is 2.19 bits per heavy atom. The van der Waals surface area contributed by atoms with Gasteiger partial charge in [-0.1, -0.05) is 13.8 Å². The second-order valence-electron chi connectivity index (χ2n) is 4.10. The maximum absolute atomic E-state index is 11.7. The van der Waals surface area contributed by atoms with E-state index in [1.807, 2.05) is 13.8 Å². The van der Waals surface area contributed by atoms with E-state index in [-0.39, 0.29) is 11.5 Å². The second kappa shape index (κ2) is 5.47. The third-order valence-electron chi connectivity index (χ3n) is 2.21. The molecule has 1 heterocycles. The van der Waals surface area contributed by atoms with Gasteiger partial charge in [0, 0.05) is 18.4 Å². The molecule has 0 fully saturated rings. The summed E-state index contributed by atoms with van der Waals surface area (Å²) in [6, 6.07) is 1.43. The van der Waals surface area contributed by atoms with Crippen molar-refractivity contribution in [2.75, 3.05) is 6.54 Å². The van der Waals surface area contributed by atoms with E-state index in [1.54, 1.807) is 0 Å². The molecule has 5 nitrogen and oxygen atoms in total. The van der Waals surface area contributed by atoms with Gasteiger partial charge in [0.25, 0.3) is 0 Å². The molecular formula is C10H18N2O3S. The normalized spacial score (nSPS) is 12.2. The van der Waals surface area contributed by atoms with Gasteiger partial charge in [-0.2, -0.15) is 0 Å². The van der Waals surface area contributed by atoms with E-state index in [9.17, 15) is 8.42 Å². The fourth-order valence-corrected chi connectivity index (χ4v) is 2.30. The monoisotopic (exact) mass is 246 g/mol. The fraction of sp³-hybridized carbons (Fsp3) is 0.600. The number of aromatic amines is 1. The highest BCUT2D eigenvalue weighted by atomic mass is 32.2. The summed E-state index contributed by atoms with van der Waals surface area (Å²) < 4.78 is 26.0. The average molecular weight is 246 g/mol. The third kappa shape index (κ3) is 3.62. The van der Waals surface area contributed by atoms with Crippen molar-refractivity contribution in [1.29, 1.82) is 0 Å². The van der Waals surface area contributed by atoms with Crippen LogP contribution in [0.1, 0.15) is 26.0 Å². The number of H-pyrrole nitrogens is 1. The molecule has 0 unspecified atom stereocenters. The summed E-state index contributed by atoms with van der Waals surface area (Å²) in [4.78, 5) is 2.86. The summed E-state index contributed by atoms with van der Waals surface area (Å²) >= 11 is 0. The lowest BCUT2D eigenvalue weighted by atomic mass is 10.1. The Morgan fingerprint density at radius 3 is 2.69 bits per heavy atom. The van der Waals surface area contributed by atoms with E-state index < -0.39 is 10.0 Å². The van der Waals surface area contributed by atoms with Gasteiger partial charge in [-0.05, 0) is 18.4 Å². The molecule has 92 valence electrons. The molecule has 0 aliphatic carbocycles.